The first-order valence-electron chi connectivity index (χ1n) is 7.03. The minimum Gasteiger partial charge on any atom is -0.358 e. The molecule has 0 bridgehead atoms. The summed E-state index contributed by atoms with van der Waals surface area (Å²) in [6.07, 6.45) is 1.58. The van der Waals surface area contributed by atoms with Crippen LogP contribution in [-0.2, 0) is 4.79 Å². The van der Waals surface area contributed by atoms with Crippen molar-refractivity contribution in [3.63, 3.8) is 0 Å². The Balaban J connectivity index is 1.74. The van der Waals surface area contributed by atoms with Crippen molar-refractivity contribution in [1.82, 2.24) is 20.8 Å². The molecule has 4 N–H and O–H groups in total. The lowest BCUT2D eigenvalue weighted by atomic mass is 10.1. The molecular weight excluding hydrogens is 376 g/mol. The first-order valence-corrected chi connectivity index (χ1v) is 7.83. The number of ketones is 1. The van der Waals surface area contributed by atoms with Crippen LogP contribution in [0.15, 0.2) is 41.0 Å². The van der Waals surface area contributed by atoms with Crippen molar-refractivity contribution in [2.75, 3.05) is 0 Å². The molecule has 1 aromatic carbocycles. The van der Waals surface area contributed by atoms with Gasteiger partial charge in [-0.2, -0.15) is 0 Å². The molecule has 0 spiro atoms. The molecule has 2 amide bonds. The smallest absolute Gasteiger partial charge is 0.310 e. The molecule has 3 aromatic rings. The number of aryl methyl sites for hydroxylation is 1. The molecule has 0 saturated carbocycles. The predicted octanol–water partition coefficient (Wildman–Crippen LogP) is 2.21. The van der Waals surface area contributed by atoms with E-state index in [9.17, 15) is 14.4 Å². The summed E-state index contributed by atoms with van der Waals surface area (Å²) < 4.78 is 0.699. The number of hydrogen-bond donors (Lipinski definition) is 4. The number of benzene rings is 1. The molecule has 0 radical (unpaired) electrons. The maximum atomic E-state index is 12.4. The molecule has 122 valence electrons. The summed E-state index contributed by atoms with van der Waals surface area (Å²) in [5.74, 6) is -2.20. The highest BCUT2D eigenvalue weighted by molar-refractivity contribution is 9.10. The number of halogens is 1. The van der Waals surface area contributed by atoms with E-state index in [0.717, 1.165) is 5.52 Å². The van der Waals surface area contributed by atoms with Gasteiger partial charge >= 0.3 is 5.91 Å². The van der Waals surface area contributed by atoms with Crippen LogP contribution in [0.25, 0.3) is 10.9 Å². The van der Waals surface area contributed by atoms with Gasteiger partial charge in [-0.15, -0.1) is 0 Å². The summed E-state index contributed by atoms with van der Waals surface area (Å²) >= 11 is 3.20. The van der Waals surface area contributed by atoms with Gasteiger partial charge < -0.3 is 9.97 Å². The Kier molecular flexibility index (Phi) is 4.22. The highest BCUT2D eigenvalue weighted by atomic mass is 79.9. The topological polar surface area (TPSA) is 107 Å². The monoisotopic (exact) mass is 388 g/mol. The summed E-state index contributed by atoms with van der Waals surface area (Å²) in [4.78, 5) is 42.1. The van der Waals surface area contributed by atoms with Gasteiger partial charge in [-0.3, -0.25) is 25.2 Å². The average Bonchev–Trinajstić information content (AvgIpc) is 3.14. The molecule has 24 heavy (non-hydrogen) atoms. The van der Waals surface area contributed by atoms with Crippen LogP contribution in [0.1, 0.15) is 26.5 Å². The molecule has 2 aromatic heterocycles. The Labute approximate surface area is 144 Å². The number of hydrogen-bond acceptors (Lipinski definition) is 3. The van der Waals surface area contributed by atoms with E-state index in [1.54, 1.807) is 31.3 Å². The van der Waals surface area contributed by atoms with Gasteiger partial charge in [0, 0.05) is 27.3 Å². The maximum Gasteiger partial charge on any atom is 0.310 e. The number of Topliss-reactive ketones (excluding diaryl/α,β-unsaturated/α-hetero) is 1. The first kappa shape index (κ1) is 16.0. The number of fused-ring (bicyclic) bond motifs is 1. The van der Waals surface area contributed by atoms with Gasteiger partial charge in [-0.25, -0.2) is 0 Å². The van der Waals surface area contributed by atoms with Crippen LogP contribution >= 0.6 is 15.9 Å². The number of aromatic nitrogens is 2. The molecule has 7 nitrogen and oxygen atoms in total. The van der Waals surface area contributed by atoms with Crippen molar-refractivity contribution >= 4 is 44.4 Å². The normalized spacial score (nSPS) is 10.6. The van der Waals surface area contributed by atoms with E-state index in [1.165, 1.54) is 0 Å². The van der Waals surface area contributed by atoms with Gasteiger partial charge in [-0.05, 0) is 35.0 Å². The Morgan fingerprint density at radius 1 is 1.12 bits per heavy atom. The Bertz CT molecular complexity index is 957. The minimum atomic E-state index is -0.915. The lowest BCUT2D eigenvalue weighted by Crippen LogP contribution is -2.45. The first-order chi connectivity index (χ1) is 11.5. The van der Waals surface area contributed by atoms with E-state index in [-0.39, 0.29) is 5.69 Å². The lowest BCUT2D eigenvalue weighted by molar-refractivity contribution is -0.117. The molecule has 0 aliphatic carbocycles. The summed E-state index contributed by atoms with van der Waals surface area (Å²) in [5, 5.41) is 0.662. The second-order valence-corrected chi connectivity index (χ2v) is 6.06. The van der Waals surface area contributed by atoms with Crippen LogP contribution in [0, 0.1) is 6.92 Å². The number of aromatic amines is 2. The molecule has 8 heteroatoms. The average molecular weight is 389 g/mol. The fourth-order valence-corrected chi connectivity index (χ4v) is 2.76. The van der Waals surface area contributed by atoms with Crippen LogP contribution in [0.2, 0.25) is 0 Å². The van der Waals surface area contributed by atoms with E-state index in [4.69, 9.17) is 0 Å². The number of carbonyl (C=O) groups is 3. The predicted molar refractivity (Wildman–Crippen MR) is 91.5 cm³/mol. The van der Waals surface area contributed by atoms with E-state index in [0.29, 0.717) is 21.1 Å². The van der Waals surface area contributed by atoms with Crippen LogP contribution in [0.4, 0.5) is 0 Å². The minimum absolute atomic E-state index is 0.248. The molecule has 0 saturated heterocycles. The Morgan fingerprint density at radius 2 is 1.88 bits per heavy atom. The zero-order chi connectivity index (χ0) is 17.3. The van der Waals surface area contributed by atoms with Gasteiger partial charge in [0.2, 0.25) is 0 Å². The van der Waals surface area contributed by atoms with Crippen LogP contribution in [0.5, 0.6) is 0 Å². The van der Waals surface area contributed by atoms with Gasteiger partial charge in [0.05, 0.1) is 5.56 Å². The van der Waals surface area contributed by atoms with Gasteiger partial charge in [0.1, 0.15) is 5.69 Å². The van der Waals surface area contributed by atoms with Crippen molar-refractivity contribution in [3.05, 3.63) is 58.0 Å². The molecule has 0 fully saturated rings. The molecule has 0 atom stereocenters. The molecule has 0 unspecified atom stereocenters. The highest BCUT2D eigenvalue weighted by Crippen LogP contribution is 2.22. The fourth-order valence-electron chi connectivity index (χ4n) is 2.42. The van der Waals surface area contributed by atoms with Gasteiger partial charge in [-0.1, -0.05) is 18.2 Å². The molecular formula is C16H13BrN4O3. The van der Waals surface area contributed by atoms with Crippen LogP contribution < -0.4 is 10.9 Å². The van der Waals surface area contributed by atoms with Crippen molar-refractivity contribution in [1.29, 1.82) is 0 Å². The number of hydrazine groups is 1. The largest absolute Gasteiger partial charge is 0.358 e. The summed E-state index contributed by atoms with van der Waals surface area (Å²) in [5.41, 5.74) is 6.24. The van der Waals surface area contributed by atoms with Crippen LogP contribution in [0.3, 0.4) is 0 Å². The second-order valence-electron chi connectivity index (χ2n) is 5.14. The van der Waals surface area contributed by atoms with Crippen LogP contribution in [-0.4, -0.2) is 27.6 Å². The number of amides is 2. The Morgan fingerprint density at radius 3 is 2.58 bits per heavy atom. The number of H-pyrrole nitrogens is 2. The third-order valence-corrected chi connectivity index (χ3v) is 3.97. The number of para-hydroxylation sites is 1. The van der Waals surface area contributed by atoms with Gasteiger partial charge in [0.15, 0.2) is 0 Å². The highest BCUT2D eigenvalue weighted by Gasteiger charge is 2.23. The van der Waals surface area contributed by atoms with E-state index >= 15 is 0 Å². The van der Waals surface area contributed by atoms with Crippen molar-refractivity contribution < 1.29 is 14.4 Å². The summed E-state index contributed by atoms with van der Waals surface area (Å²) in [7, 11) is 0. The molecule has 2 heterocycles. The zero-order valence-electron chi connectivity index (χ0n) is 12.6. The van der Waals surface area contributed by atoms with Crippen molar-refractivity contribution in [3.8, 4) is 0 Å². The fraction of sp³-hybridized carbons (Fsp3) is 0.0625. The molecule has 3 rings (SSSR count). The van der Waals surface area contributed by atoms with Crippen molar-refractivity contribution in [2.45, 2.75) is 6.92 Å². The zero-order valence-corrected chi connectivity index (χ0v) is 14.2. The molecule has 0 aliphatic heterocycles. The standard InChI is InChI=1S/C16H13BrN4O3/c1-8-13(10-4-2-3-5-11(10)19-8)14(22)16(24)21-20-15(23)12-6-9(17)7-18-12/h2-7,18-19H,1H3,(H,20,23)(H,21,24). The maximum absolute atomic E-state index is 12.4. The van der Waals surface area contributed by atoms with Gasteiger partial charge in [0.25, 0.3) is 11.7 Å². The second kappa shape index (κ2) is 6.32. The summed E-state index contributed by atoms with van der Waals surface area (Å²) in [6.45, 7) is 1.72. The van der Waals surface area contributed by atoms with E-state index in [1.807, 2.05) is 12.1 Å². The SMILES string of the molecule is Cc1[nH]c2ccccc2c1C(=O)C(=O)NNC(=O)c1cc(Br)c[nH]1. The van der Waals surface area contributed by atoms with E-state index in [2.05, 4.69) is 36.7 Å². The van der Waals surface area contributed by atoms with Crippen molar-refractivity contribution in [2.24, 2.45) is 0 Å². The molecule has 0 aliphatic rings. The quantitative estimate of drug-likeness (QED) is 0.313. The summed E-state index contributed by atoms with van der Waals surface area (Å²) in [6, 6.07) is 8.75. The third-order valence-electron chi connectivity index (χ3n) is 3.51. The van der Waals surface area contributed by atoms with E-state index < -0.39 is 17.6 Å². The third kappa shape index (κ3) is 2.95. The number of rotatable bonds is 3. The number of nitrogens with one attached hydrogen (secondary N) is 4. The number of carbonyl (C=O) groups excluding carboxylic acids is 3. The lowest BCUT2D eigenvalue weighted by Gasteiger charge is -2.06. The Hall–Kier alpha value is -2.87.